The Hall–Kier alpha value is 0.256. The van der Waals surface area contributed by atoms with Gasteiger partial charge in [-0.3, -0.25) is 4.79 Å². The maximum absolute atomic E-state index is 9.88. The van der Waals surface area contributed by atoms with E-state index in [4.69, 9.17) is 30.0 Å². The smallest absolute Gasteiger partial charge is 0.894 e. The molecule has 0 bridgehead atoms. The van der Waals surface area contributed by atoms with Crippen molar-refractivity contribution >= 4 is 61.4 Å². The van der Waals surface area contributed by atoms with E-state index in [1.165, 1.54) is 0 Å². The quantitative estimate of drug-likeness (QED) is 0.472. The van der Waals surface area contributed by atoms with Crippen LogP contribution in [-0.2, 0) is 9.59 Å². The van der Waals surface area contributed by atoms with Crippen LogP contribution in [0.1, 0.15) is 12.8 Å². The zero-order valence-corrected chi connectivity index (χ0v) is 12.2. The Bertz CT molecular complexity index is 218. The fourth-order valence-electron chi connectivity index (χ4n) is 0.397. The van der Waals surface area contributed by atoms with Crippen molar-refractivity contribution in [3.05, 3.63) is 0 Å². The number of carboxylic acid groups (broad SMARTS) is 2. The first kappa shape index (κ1) is 25.9. The largest absolute Gasteiger partial charge is 3.00 e. The molecule has 17 heavy (non-hydrogen) atoms. The first-order chi connectivity index (χ1) is 6.54. The third-order valence-corrected chi connectivity index (χ3v) is 0.972. The summed E-state index contributed by atoms with van der Waals surface area (Å²) in [6.07, 6.45) is -0.327. The van der Waals surface area contributed by atoms with Crippen molar-refractivity contribution in [2.75, 3.05) is 0 Å². The molecule has 0 radical (unpaired) electrons. The number of nitrogens with two attached hydrogens (primary N) is 1. The van der Waals surface area contributed by atoms with Crippen LogP contribution < -0.4 is 30.0 Å². The summed E-state index contributed by atoms with van der Waals surface area (Å²) >= 11 is 0. The summed E-state index contributed by atoms with van der Waals surface area (Å²) in [5.74, 6) is -2.47. The number of hydrogen-bond donors (Lipinski definition) is 2. The molecule has 0 heterocycles. The topological polar surface area (TPSA) is 196 Å². The first-order valence-electron chi connectivity index (χ1n) is 3.54. The molecule has 90 valence electrons. The van der Waals surface area contributed by atoms with Crippen molar-refractivity contribution in [3.63, 3.8) is 0 Å². The minimum atomic E-state index is -5.61. The molecule has 0 unspecified atom stereocenters. The van der Waals surface area contributed by atoms with Gasteiger partial charge in [-0.15, -0.1) is 0 Å². The van der Waals surface area contributed by atoms with E-state index < -0.39 is 27.0 Å². The monoisotopic (exact) mass is 289 g/mol. The molecule has 0 aromatic rings. The van der Waals surface area contributed by atoms with E-state index in [-0.39, 0.29) is 53.3 Å². The van der Waals surface area contributed by atoms with Gasteiger partial charge in [-0.05, 0) is 6.42 Å². The van der Waals surface area contributed by atoms with Gasteiger partial charge in [0, 0.05) is 12.5 Å². The number of aliphatic carboxylic acids is 2. The first-order valence-corrected chi connectivity index (χ1v) is 5.17. The molecule has 0 aromatic carbocycles. The van der Waals surface area contributed by atoms with Gasteiger partial charge in [-0.1, -0.05) is 0 Å². The zero-order valence-electron chi connectivity index (χ0n) is 8.66. The van der Waals surface area contributed by atoms with E-state index in [2.05, 4.69) is 0 Å². The summed E-state index contributed by atoms with van der Waals surface area (Å²) in [5.41, 5.74) is 4.94. The molecule has 1 atom stereocenters. The van der Waals surface area contributed by atoms with E-state index in [0.717, 1.165) is 0 Å². The Morgan fingerprint density at radius 1 is 1.24 bits per heavy atom. The Kier molecular flexibility index (Phi) is 19.4. The van der Waals surface area contributed by atoms with Gasteiger partial charge in [0.1, 0.15) is 0 Å². The Morgan fingerprint density at radius 3 is 1.71 bits per heavy atom. The van der Waals surface area contributed by atoms with Crippen LogP contribution >= 0.6 is 0 Å². The number of rotatable bonds is 4. The van der Waals surface area contributed by atoms with Gasteiger partial charge < -0.3 is 49.0 Å². The second-order valence-corrected chi connectivity index (χ2v) is 3.36. The molecule has 0 saturated heterocycles. The molecule has 0 aliphatic heterocycles. The molecule has 3 N–H and O–H groups in total. The zero-order chi connectivity index (χ0) is 12.6. The summed E-state index contributed by atoms with van der Waals surface area (Å²) in [6, 6.07) is -1.17. The average Bonchev–Trinajstić information content (AvgIpc) is 1.96. The van der Waals surface area contributed by atoms with Crippen LogP contribution in [0.5, 0.6) is 0 Å². The molecule has 0 amide bonds. The molecular weight excluding hydrogens is 281 g/mol. The van der Waals surface area contributed by atoms with Crippen molar-refractivity contribution < 1.29 is 39.0 Å². The number of carboxylic acids is 2. The van der Waals surface area contributed by atoms with Crippen LogP contribution in [0, 0.1) is 0 Å². The Balaban J connectivity index is -0.000000105. The average molecular weight is 289 g/mol. The van der Waals surface area contributed by atoms with E-state index in [9.17, 15) is 14.7 Å². The van der Waals surface area contributed by atoms with Crippen molar-refractivity contribution in [3.8, 4) is 0 Å². The Labute approximate surface area is 125 Å². The normalized spacial score (nSPS) is 10.9. The summed E-state index contributed by atoms with van der Waals surface area (Å²) in [6.45, 7) is 0. The summed E-state index contributed by atoms with van der Waals surface area (Å²) in [5, 5.41) is 18.0. The van der Waals surface area contributed by atoms with Crippen LogP contribution in [-0.4, -0.2) is 72.5 Å². The third kappa shape index (κ3) is 38.6. The van der Waals surface area contributed by atoms with Gasteiger partial charge in [0.25, 0.3) is 0 Å². The molecule has 0 aliphatic rings. The minimum Gasteiger partial charge on any atom is -0.894 e. The fourth-order valence-corrected chi connectivity index (χ4v) is 0.397. The number of hydrogen-bond acceptors (Lipinski definition) is 8. The second-order valence-electron chi connectivity index (χ2n) is 2.36. The van der Waals surface area contributed by atoms with Gasteiger partial charge in [0.15, 0.2) is 0 Å². The predicted octanol–water partition coefficient (Wildman–Crippen LogP) is -7.97. The van der Waals surface area contributed by atoms with Gasteiger partial charge in [0.2, 0.25) is 0 Å². The second kappa shape index (κ2) is 12.7. The molecule has 0 spiro atoms. The van der Waals surface area contributed by atoms with E-state index in [1.807, 2.05) is 0 Å². The van der Waals surface area contributed by atoms with Crippen LogP contribution in [0.3, 0.4) is 0 Å². The standard InChI is InChI=1S/C5H9NO4.Al.Mg.O4Si/c6-3(5(9)10)1-2-4(7)8;;;1-5(2,3)4/h3H,1-2,6H2,(H,7,8)(H,9,10);;;/q;+3;+2;-4/p-1/t3-;;;/m0.../s1. The summed E-state index contributed by atoms with van der Waals surface area (Å²) in [4.78, 5) is 54.0. The van der Waals surface area contributed by atoms with E-state index in [0.29, 0.717) is 0 Å². The van der Waals surface area contributed by atoms with Crippen LogP contribution in [0.25, 0.3) is 0 Å². The van der Waals surface area contributed by atoms with Crippen molar-refractivity contribution in [1.29, 1.82) is 0 Å². The molecule has 0 aromatic heterocycles. The fraction of sp³-hybridized carbons (Fsp3) is 0.600. The summed E-state index contributed by atoms with van der Waals surface area (Å²) in [7, 11) is -5.61. The van der Waals surface area contributed by atoms with E-state index >= 15 is 0 Å². The number of carbonyl (C=O) groups is 2. The molecular formula is C5H8AlMgNO8Si. The molecule has 9 nitrogen and oxygen atoms in total. The third-order valence-electron chi connectivity index (χ3n) is 0.972. The van der Waals surface area contributed by atoms with Crippen LogP contribution in [0.2, 0.25) is 0 Å². The minimum absolute atomic E-state index is 0. The van der Waals surface area contributed by atoms with Gasteiger partial charge in [-0.25, -0.2) is 0 Å². The van der Waals surface area contributed by atoms with Crippen LogP contribution in [0.4, 0.5) is 0 Å². The summed E-state index contributed by atoms with van der Waals surface area (Å²) < 4.78 is 0. The van der Waals surface area contributed by atoms with Crippen molar-refractivity contribution in [1.82, 2.24) is 0 Å². The van der Waals surface area contributed by atoms with Crippen molar-refractivity contribution in [2.45, 2.75) is 18.9 Å². The molecule has 0 saturated carbocycles. The number of carbonyl (C=O) groups excluding carboxylic acids is 1. The molecule has 12 heteroatoms. The van der Waals surface area contributed by atoms with Gasteiger partial charge in [0.05, 0.1) is 5.97 Å². The Morgan fingerprint density at radius 2 is 1.53 bits per heavy atom. The van der Waals surface area contributed by atoms with Crippen molar-refractivity contribution in [2.24, 2.45) is 5.73 Å². The van der Waals surface area contributed by atoms with Crippen LogP contribution in [0.15, 0.2) is 0 Å². The molecule has 0 aliphatic carbocycles. The van der Waals surface area contributed by atoms with Gasteiger partial charge >= 0.3 is 46.4 Å². The molecule has 0 rings (SSSR count). The molecule has 0 fully saturated rings. The SMILES string of the molecule is N[C@@H](CCC(=O)O)C(=O)[O-].[Al+3].[Mg+2].[O-][Si]([O-])([O-])[O-]. The van der Waals surface area contributed by atoms with E-state index in [1.54, 1.807) is 0 Å². The van der Waals surface area contributed by atoms with Gasteiger partial charge in [-0.2, -0.15) is 0 Å². The predicted molar refractivity (Wildman–Crippen MR) is 47.1 cm³/mol. The maximum Gasteiger partial charge on any atom is 3.00 e. The maximum atomic E-state index is 9.88.